The molecule has 5 heteroatoms. The van der Waals surface area contributed by atoms with Gasteiger partial charge in [0.2, 0.25) is 0 Å². The molecule has 0 atom stereocenters. The number of nitrogens with zero attached hydrogens (tertiary/aromatic N) is 3. The molecule has 0 saturated heterocycles. The second-order valence-electron chi connectivity index (χ2n) is 6.91. The van der Waals surface area contributed by atoms with Gasteiger partial charge >= 0.3 is 0 Å². The van der Waals surface area contributed by atoms with Gasteiger partial charge in [0.25, 0.3) is 0 Å². The number of hydrogen-bond donors (Lipinski definition) is 1. The van der Waals surface area contributed by atoms with Crippen molar-refractivity contribution in [1.82, 2.24) is 19.9 Å². The van der Waals surface area contributed by atoms with E-state index in [0.717, 1.165) is 53.0 Å². The zero-order chi connectivity index (χ0) is 18.9. The molecule has 0 fully saturated rings. The summed E-state index contributed by atoms with van der Waals surface area (Å²) in [6.07, 6.45) is 8.95. The molecule has 1 N–H and O–H groups in total. The highest BCUT2D eigenvalue weighted by atomic mass is 19.1. The Balaban J connectivity index is 1.72. The number of rotatable bonds is 3. The molecule has 3 aromatic heterocycles. The maximum absolute atomic E-state index is 13.4. The summed E-state index contributed by atoms with van der Waals surface area (Å²) in [5, 5.41) is 8.29. The monoisotopic (exact) mass is 370 g/mol. The number of aromatic nitrogens is 3. The Morgan fingerprint density at radius 1 is 0.893 bits per heavy atom. The number of pyridine rings is 2. The summed E-state index contributed by atoms with van der Waals surface area (Å²) in [5.74, 6) is -0.253. The third-order valence-electron chi connectivity index (χ3n) is 5.11. The Hall–Kier alpha value is -3.31. The first-order chi connectivity index (χ1) is 13.8. The molecule has 4 nitrogen and oxygen atoms in total. The molecule has 0 spiro atoms. The minimum Gasteiger partial charge on any atom is -0.312 e. The van der Waals surface area contributed by atoms with Crippen molar-refractivity contribution in [3.8, 4) is 22.4 Å². The molecule has 1 aliphatic rings. The molecular formula is C23H19FN4. The van der Waals surface area contributed by atoms with Crippen LogP contribution in [0, 0.1) is 5.82 Å². The zero-order valence-corrected chi connectivity index (χ0v) is 15.3. The van der Waals surface area contributed by atoms with Crippen LogP contribution in [-0.4, -0.2) is 27.7 Å². The molecule has 138 valence electrons. The Bertz CT molecular complexity index is 1160. The van der Waals surface area contributed by atoms with E-state index in [2.05, 4.69) is 34.7 Å². The van der Waals surface area contributed by atoms with Gasteiger partial charge in [0.1, 0.15) is 11.5 Å². The molecule has 0 radical (unpaired) electrons. The molecule has 0 bridgehead atoms. The minimum absolute atomic E-state index is 0.253. The highest BCUT2D eigenvalue weighted by molar-refractivity contribution is 5.92. The van der Waals surface area contributed by atoms with Gasteiger partial charge in [0.15, 0.2) is 0 Å². The van der Waals surface area contributed by atoms with Crippen molar-refractivity contribution in [2.75, 3.05) is 13.1 Å². The first-order valence-corrected chi connectivity index (χ1v) is 9.38. The van der Waals surface area contributed by atoms with E-state index in [9.17, 15) is 4.39 Å². The van der Waals surface area contributed by atoms with E-state index in [4.69, 9.17) is 5.10 Å². The van der Waals surface area contributed by atoms with Crippen LogP contribution in [0.5, 0.6) is 0 Å². The summed E-state index contributed by atoms with van der Waals surface area (Å²) >= 11 is 0. The second kappa shape index (κ2) is 7.02. The Morgan fingerprint density at radius 3 is 2.43 bits per heavy atom. The molecule has 0 saturated carbocycles. The fourth-order valence-corrected chi connectivity index (χ4v) is 3.72. The lowest BCUT2D eigenvalue weighted by Gasteiger charge is -2.14. The summed E-state index contributed by atoms with van der Waals surface area (Å²) in [4.78, 5) is 4.13. The molecule has 4 aromatic rings. The average Bonchev–Trinajstić information content (AvgIpc) is 3.14. The molecule has 1 aliphatic heterocycles. The SMILES string of the molecule is Fc1ccc(-c2nn3cc(C4=CCCNC4)ccc3c2-c2ccncc2)cc1. The maximum Gasteiger partial charge on any atom is 0.123 e. The lowest BCUT2D eigenvalue weighted by molar-refractivity contribution is 0.628. The number of benzene rings is 1. The molecule has 5 rings (SSSR count). The van der Waals surface area contributed by atoms with Crippen molar-refractivity contribution < 1.29 is 4.39 Å². The van der Waals surface area contributed by atoms with Crippen LogP contribution in [0.15, 0.2) is 73.2 Å². The van der Waals surface area contributed by atoms with Gasteiger partial charge in [-0.1, -0.05) is 12.1 Å². The number of nitrogens with one attached hydrogen (secondary N) is 1. The first-order valence-electron chi connectivity index (χ1n) is 9.38. The highest BCUT2D eigenvalue weighted by Crippen LogP contribution is 2.35. The fraction of sp³-hybridized carbons (Fsp3) is 0.130. The van der Waals surface area contributed by atoms with Crippen LogP contribution in [0.3, 0.4) is 0 Å². The van der Waals surface area contributed by atoms with Gasteiger partial charge in [0, 0.05) is 36.3 Å². The quantitative estimate of drug-likeness (QED) is 0.574. The Kier molecular flexibility index (Phi) is 4.22. The van der Waals surface area contributed by atoms with Gasteiger partial charge in [-0.25, -0.2) is 8.91 Å². The smallest absolute Gasteiger partial charge is 0.123 e. The van der Waals surface area contributed by atoms with Crippen molar-refractivity contribution in [2.24, 2.45) is 0 Å². The predicted molar refractivity (Wildman–Crippen MR) is 109 cm³/mol. The Morgan fingerprint density at radius 2 is 1.68 bits per heavy atom. The molecule has 0 amide bonds. The van der Waals surface area contributed by atoms with Gasteiger partial charge in [-0.3, -0.25) is 4.98 Å². The van der Waals surface area contributed by atoms with Crippen molar-refractivity contribution in [1.29, 1.82) is 0 Å². The van der Waals surface area contributed by atoms with Crippen molar-refractivity contribution in [3.05, 3.63) is 84.6 Å². The lowest BCUT2D eigenvalue weighted by Crippen LogP contribution is -2.21. The molecular weight excluding hydrogens is 351 g/mol. The topological polar surface area (TPSA) is 42.2 Å². The highest BCUT2D eigenvalue weighted by Gasteiger charge is 2.17. The summed E-state index contributed by atoms with van der Waals surface area (Å²) in [6, 6.07) is 14.7. The van der Waals surface area contributed by atoms with E-state index < -0.39 is 0 Å². The van der Waals surface area contributed by atoms with Crippen LogP contribution in [0.25, 0.3) is 33.5 Å². The van der Waals surface area contributed by atoms with E-state index >= 15 is 0 Å². The Labute approximate surface area is 162 Å². The summed E-state index contributed by atoms with van der Waals surface area (Å²) in [6.45, 7) is 1.89. The third kappa shape index (κ3) is 3.00. The number of hydrogen-bond acceptors (Lipinski definition) is 3. The summed E-state index contributed by atoms with van der Waals surface area (Å²) < 4.78 is 15.4. The standard InChI is InChI=1S/C23H19FN4/c24-20-6-3-17(4-7-20)23-22(16-9-12-25-13-10-16)21-8-5-19(15-28(21)27-23)18-2-1-11-26-14-18/h2-10,12-13,15,26H,1,11,14H2. The summed E-state index contributed by atoms with van der Waals surface area (Å²) in [5.41, 5.74) is 7.24. The second-order valence-corrected chi connectivity index (χ2v) is 6.91. The molecule has 1 aromatic carbocycles. The van der Waals surface area contributed by atoms with E-state index in [1.807, 2.05) is 16.6 Å². The molecule has 4 heterocycles. The maximum atomic E-state index is 13.4. The van der Waals surface area contributed by atoms with Crippen molar-refractivity contribution in [3.63, 3.8) is 0 Å². The van der Waals surface area contributed by atoms with Crippen molar-refractivity contribution in [2.45, 2.75) is 6.42 Å². The van der Waals surface area contributed by atoms with Crippen LogP contribution >= 0.6 is 0 Å². The van der Waals surface area contributed by atoms with Crippen molar-refractivity contribution >= 4 is 11.1 Å². The van der Waals surface area contributed by atoms with Crippen LogP contribution in [0.4, 0.5) is 4.39 Å². The molecule has 0 aliphatic carbocycles. The van der Waals surface area contributed by atoms with Crippen LogP contribution in [-0.2, 0) is 0 Å². The van der Waals surface area contributed by atoms with Gasteiger partial charge in [-0.2, -0.15) is 5.10 Å². The largest absolute Gasteiger partial charge is 0.312 e. The van der Waals surface area contributed by atoms with E-state index in [0.29, 0.717) is 0 Å². The first kappa shape index (κ1) is 16.8. The zero-order valence-electron chi connectivity index (χ0n) is 15.3. The van der Waals surface area contributed by atoms with E-state index in [-0.39, 0.29) is 5.82 Å². The molecule has 0 unspecified atom stereocenters. The average molecular weight is 370 g/mol. The van der Waals surface area contributed by atoms with Gasteiger partial charge in [0.05, 0.1) is 5.52 Å². The fourth-order valence-electron chi connectivity index (χ4n) is 3.72. The third-order valence-corrected chi connectivity index (χ3v) is 5.11. The minimum atomic E-state index is -0.253. The number of fused-ring (bicyclic) bond motifs is 1. The van der Waals surface area contributed by atoms with Gasteiger partial charge in [-0.15, -0.1) is 0 Å². The normalized spacial score (nSPS) is 14.2. The van der Waals surface area contributed by atoms with Crippen LogP contribution < -0.4 is 5.32 Å². The number of halogens is 1. The van der Waals surface area contributed by atoms with Crippen LogP contribution in [0.2, 0.25) is 0 Å². The van der Waals surface area contributed by atoms with Gasteiger partial charge in [-0.05, 0) is 72.1 Å². The lowest BCUT2D eigenvalue weighted by atomic mass is 9.99. The van der Waals surface area contributed by atoms with E-state index in [1.165, 1.54) is 17.7 Å². The molecule has 28 heavy (non-hydrogen) atoms. The predicted octanol–water partition coefficient (Wildman–Crippen LogP) is 4.58. The van der Waals surface area contributed by atoms with E-state index in [1.54, 1.807) is 24.5 Å². The van der Waals surface area contributed by atoms with Gasteiger partial charge < -0.3 is 5.32 Å². The van der Waals surface area contributed by atoms with Crippen LogP contribution in [0.1, 0.15) is 12.0 Å². The summed E-state index contributed by atoms with van der Waals surface area (Å²) in [7, 11) is 0.